The fourth-order valence-corrected chi connectivity index (χ4v) is 4.89. The van der Waals surface area contributed by atoms with Crippen LogP contribution in [-0.2, 0) is 9.53 Å². The third-order valence-corrected chi connectivity index (χ3v) is 6.81. The van der Waals surface area contributed by atoms with Crippen LogP contribution in [-0.4, -0.2) is 36.1 Å². The molecule has 0 saturated carbocycles. The second-order valence-electron chi connectivity index (χ2n) is 9.07. The van der Waals surface area contributed by atoms with Crippen molar-refractivity contribution in [1.82, 2.24) is 10.2 Å². The average Bonchev–Trinajstić information content (AvgIpc) is 2.94. The molecule has 1 aliphatic heterocycles. The van der Waals surface area contributed by atoms with E-state index in [4.69, 9.17) is 27.9 Å². The van der Waals surface area contributed by atoms with Crippen LogP contribution in [0.1, 0.15) is 43.9 Å². The molecule has 0 radical (unpaired) electrons. The Balaban J connectivity index is 1.72. The summed E-state index contributed by atoms with van der Waals surface area (Å²) in [6.07, 6.45) is 1.64. The molecule has 3 aromatic carbocycles. The van der Waals surface area contributed by atoms with Crippen LogP contribution in [0.15, 0.2) is 78.4 Å². The number of unbranched alkanes of at least 4 members (excludes halogenated alkanes) is 1. The van der Waals surface area contributed by atoms with E-state index in [1.54, 1.807) is 48.2 Å². The van der Waals surface area contributed by atoms with E-state index in [0.717, 1.165) is 18.4 Å². The molecule has 3 aromatic rings. The lowest BCUT2D eigenvalue weighted by atomic mass is 9.91. The van der Waals surface area contributed by atoms with E-state index in [0.29, 0.717) is 44.8 Å². The van der Waals surface area contributed by atoms with E-state index in [2.05, 4.69) is 16.0 Å². The summed E-state index contributed by atoms with van der Waals surface area (Å²) in [4.78, 5) is 41.2. The van der Waals surface area contributed by atoms with Crippen molar-refractivity contribution in [3.63, 3.8) is 0 Å². The van der Waals surface area contributed by atoms with Crippen molar-refractivity contribution in [2.75, 3.05) is 23.8 Å². The van der Waals surface area contributed by atoms with Crippen molar-refractivity contribution >= 4 is 58.3 Å². The Kier molecular flexibility index (Phi) is 9.69. The van der Waals surface area contributed by atoms with Gasteiger partial charge in [-0.2, -0.15) is 0 Å². The number of halogens is 2. The SMILES string of the molecule is CCCCN1C(=O)NC(c2cccc(NC(=O)Nc3ccc(Cl)cc3Cl)c2)C(C(=O)OCC)=C1c1ccccc1. The standard InChI is InChI=1S/C30H30Cl2N4O4/c1-3-5-16-36-27(19-10-7-6-8-11-19)25(28(37)40-4-2)26(35-30(36)39)20-12-9-13-22(17-20)33-29(38)34-24-15-14-21(31)18-23(24)32/h6-15,17-18,26H,3-5,16H2,1-2H3,(H,35,39)(H2,33,34,38). The summed E-state index contributed by atoms with van der Waals surface area (Å²) < 4.78 is 5.48. The van der Waals surface area contributed by atoms with E-state index < -0.39 is 18.0 Å². The lowest BCUT2D eigenvalue weighted by molar-refractivity contribution is -0.138. The molecule has 4 amide bonds. The van der Waals surface area contributed by atoms with Crippen molar-refractivity contribution in [2.45, 2.75) is 32.7 Å². The highest BCUT2D eigenvalue weighted by molar-refractivity contribution is 6.36. The number of ether oxygens (including phenoxy) is 1. The summed E-state index contributed by atoms with van der Waals surface area (Å²) in [6.45, 7) is 4.40. The molecule has 1 heterocycles. The van der Waals surface area contributed by atoms with Gasteiger partial charge in [0.15, 0.2) is 0 Å². The molecule has 1 aliphatic rings. The molecule has 1 atom stereocenters. The number of hydrogen-bond acceptors (Lipinski definition) is 4. The molecule has 0 spiro atoms. The predicted octanol–water partition coefficient (Wildman–Crippen LogP) is 7.48. The van der Waals surface area contributed by atoms with Crippen molar-refractivity contribution in [3.05, 3.63) is 99.5 Å². The first-order valence-corrected chi connectivity index (χ1v) is 13.8. The Labute approximate surface area is 243 Å². The van der Waals surface area contributed by atoms with Gasteiger partial charge in [0.25, 0.3) is 0 Å². The summed E-state index contributed by atoms with van der Waals surface area (Å²) in [7, 11) is 0. The van der Waals surface area contributed by atoms with Gasteiger partial charge in [-0.3, -0.25) is 4.90 Å². The highest BCUT2D eigenvalue weighted by Gasteiger charge is 2.38. The summed E-state index contributed by atoms with van der Waals surface area (Å²) in [5.41, 5.74) is 3.00. The van der Waals surface area contributed by atoms with Gasteiger partial charge in [0.1, 0.15) is 0 Å². The monoisotopic (exact) mass is 580 g/mol. The van der Waals surface area contributed by atoms with Crippen LogP contribution in [0.4, 0.5) is 21.0 Å². The van der Waals surface area contributed by atoms with E-state index in [1.165, 1.54) is 6.07 Å². The minimum Gasteiger partial charge on any atom is -0.463 e. The molecule has 4 rings (SSSR count). The smallest absolute Gasteiger partial charge is 0.338 e. The highest BCUT2D eigenvalue weighted by Crippen LogP contribution is 2.37. The van der Waals surface area contributed by atoms with Crippen molar-refractivity contribution < 1.29 is 19.1 Å². The molecule has 208 valence electrons. The van der Waals surface area contributed by atoms with Gasteiger partial charge >= 0.3 is 18.0 Å². The minimum absolute atomic E-state index is 0.176. The number of carbonyl (C=O) groups is 3. The summed E-state index contributed by atoms with van der Waals surface area (Å²) >= 11 is 12.1. The second kappa shape index (κ2) is 13.4. The second-order valence-corrected chi connectivity index (χ2v) is 9.91. The number of nitrogens with zero attached hydrogens (tertiary/aromatic N) is 1. The summed E-state index contributed by atoms with van der Waals surface area (Å²) in [5, 5.41) is 9.20. The quantitative estimate of drug-likeness (QED) is 0.228. The number of amides is 4. The number of benzene rings is 3. The molecule has 40 heavy (non-hydrogen) atoms. The molecular formula is C30H30Cl2N4O4. The predicted molar refractivity (Wildman–Crippen MR) is 158 cm³/mol. The zero-order valence-electron chi connectivity index (χ0n) is 22.2. The van der Waals surface area contributed by atoms with Crippen molar-refractivity contribution in [3.8, 4) is 0 Å². The van der Waals surface area contributed by atoms with Crippen molar-refractivity contribution in [1.29, 1.82) is 0 Å². The van der Waals surface area contributed by atoms with Crippen LogP contribution in [0.3, 0.4) is 0 Å². The lowest BCUT2D eigenvalue weighted by Crippen LogP contribution is -2.48. The lowest BCUT2D eigenvalue weighted by Gasteiger charge is -2.37. The van der Waals surface area contributed by atoms with Gasteiger partial charge in [-0.05, 0) is 54.8 Å². The summed E-state index contributed by atoms with van der Waals surface area (Å²) in [6, 6.07) is 19.4. The zero-order chi connectivity index (χ0) is 28.6. The average molecular weight is 582 g/mol. The van der Waals surface area contributed by atoms with E-state index in [1.807, 2.05) is 37.3 Å². The van der Waals surface area contributed by atoms with Crippen LogP contribution in [0.5, 0.6) is 0 Å². The molecule has 0 fully saturated rings. The maximum absolute atomic E-state index is 13.5. The Bertz CT molecular complexity index is 1430. The number of carbonyl (C=O) groups excluding carboxylic acids is 3. The fourth-order valence-electron chi connectivity index (χ4n) is 4.44. The van der Waals surface area contributed by atoms with Crippen LogP contribution >= 0.6 is 23.2 Å². The van der Waals surface area contributed by atoms with Crippen LogP contribution in [0.2, 0.25) is 10.0 Å². The molecule has 1 unspecified atom stereocenters. The van der Waals surface area contributed by atoms with Gasteiger partial charge < -0.3 is 20.7 Å². The van der Waals surface area contributed by atoms with Gasteiger partial charge in [0, 0.05) is 17.3 Å². The van der Waals surface area contributed by atoms with Crippen LogP contribution < -0.4 is 16.0 Å². The number of esters is 1. The van der Waals surface area contributed by atoms with Gasteiger partial charge in [-0.15, -0.1) is 0 Å². The normalized spacial score (nSPS) is 14.9. The van der Waals surface area contributed by atoms with Gasteiger partial charge in [0.2, 0.25) is 0 Å². The molecule has 0 saturated heterocycles. The van der Waals surface area contributed by atoms with Gasteiger partial charge in [0.05, 0.1) is 34.6 Å². The molecular weight excluding hydrogens is 551 g/mol. The molecule has 0 bridgehead atoms. The van der Waals surface area contributed by atoms with Crippen molar-refractivity contribution in [2.24, 2.45) is 0 Å². The highest BCUT2D eigenvalue weighted by atomic mass is 35.5. The number of hydrogen-bond donors (Lipinski definition) is 3. The van der Waals surface area contributed by atoms with Crippen LogP contribution in [0.25, 0.3) is 5.70 Å². The Morgan fingerprint density at radius 2 is 1.75 bits per heavy atom. The fraction of sp³-hybridized carbons (Fsp3) is 0.233. The molecule has 0 aromatic heterocycles. The topological polar surface area (TPSA) is 99.8 Å². The number of anilines is 2. The maximum Gasteiger partial charge on any atom is 0.338 e. The Morgan fingerprint density at radius 3 is 2.45 bits per heavy atom. The van der Waals surface area contributed by atoms with Gasteiger partial charge in [-0.1, -0.05) is 79.0 Å². The number of rotatable bonds is 9. The Hall–Kier alpha value is -4.01. The largest absolute Gasteiger partial charge is 0.463 e. The van der Waals surface area contributed by atoms with Crippen LogP contribution in [0, 0.1) is 0 Å². The third kappa shape index (κ3) is 6.76. The summed E-state index contributed by atoms with van der Waals surface area (Å²) in [5.74, 6) is -0.527. The minimum atomic E-state index is -0.810. The molecule has 8 nitrogen and oxygen atoms in total. The first kappa shape index (κ1) is 29.0. The molecule has 0 aliphatic carbocycles. The van der Waals surface area contributed by atoms with E-state index >= 15 is 0 Å². The number of nitrogens with one attached hydrogen (secondary N) is 3. The zero-order valence-corrected chi connectivity index (χ0v) is 23.7. The maximum atomic E-state index is 13.5. The third-order valence-electron chi connectivity index (χ3n) is 6.26. The molecule has 3 N–H and O–H groups in total. The first-order chi connectivity index (χ1) is 19.3. The Morgan fingerprint density at radius 1 is 0.975 bits per heavy atom. The number of urea groups is 2. The van der Waals surface area contributed by atoms with Gasteiger partial charge in [-0.25, -0.2) is 14.4 Å². The van der Waals surface area contributed by atoms with E-state index in [-0.39, 0.29) is 12.6 Å². The van der Waals surface area contributed by atoms with E-state index in [9.17, 15) is 14.4 Å². The molecule has 10 heteroatoms. The first-order valence-electron chi connectivity index (χ1n) is 13.0.